The van der Waals surface area contributed by atoms with Crippen molar-refractivity contribution in [2.24, 2.45) is 9.98 Å². The zero-order chi connectivity index (χ0) is 10.3. The van der Waals surface area contributed by atoms with Crippen LogP contribution in [0.25, 0.3) is 0 Å². The number of aromatic nitrogens is 1. The fraction of sp³-hybridized carbons (Fsp3) is 0.500. The van der Waals surface area contributed by atoms with Crippen LogP contribution in [0.15, 0.2) is 34.5 Å². The van der Waals surface area contributed by atoms with E-state index >= 15 is 0 Å². The standard InChI is InChI=1S/C12H15N3/c1-2-4-11(5-3-1)14-10-15-12-6-8-13-9-7-12/h6-9,11H,1-5H2. The molecule has 0 N–H and O–H groups in total. The topological polar surface area (TPSA) is 37.6 Å². The number of aliphatic imine (C=N–C) groups is 2. The molecule has 0 saturated heterocycles. The van der Waals surface area contributed by atoms with Gasteiger partial charge in [0.1, 0.15) is 0 Å². The highest BCUT2D eigenvalue weighted by Crippen LogP contribution is 2.19. The van der Waals surface area contributed by atoms with Crippen molar-refractivity contribution in [3.8, 4) is 0 Å². The molecule has 0 atom stereocenters. The maximum Gasteiger partial charge on any atom is 0.0951 e. The molecule has 1 aliphatic rings. The van der Waals surface area contributed by atoms with Crippen LogP contribution in [-0.2, 0) is 0 Å². The summed E-state index contributed by atoms with van der Waals surface area (Å²) in [6, 6.07) is 6.94. The van der Waals surface area contributed by atoms with Gasteiger partial charge >= 0.3 is 0 Å². The number of pyridine rings is 1. The minimum atomic E-state index is 0.448. The van der Waals surface area contributed by atoms with Crippen molar-refractivity contribution in [3.63, 3.8) is 0 Å². The second-order valence-corrected chi connectivity index (χ2v) is 3.84. The summed E-state index contributed by atoms with van der Waals surface area (Å²) in [5, 5.41) is 0. The lowest BCUT2D eigenvalue weighted by molar-refractivity contribution is 0.444. The maximum atomic E-state index is 4.34. The first-order valence-electron chi connectivity index (χ1n) is 5.51. The number of hydrogen-bond donors (Lipinski definition) is 0. The second-order valence-electron chi connectivity index (χ2n) is 3.84. The molecule has 0 unspecified atom stereocenters. The Morgan fingerprint density at radius 2 is 1.87 bits per heavy atom. The van der Waals surface area contributed by atoms with E-state index in [9.17, 15) is 0 Å². The van der Waals surface area contributed by atoms with Crippen molar-refractivity contribution in [1.29, 1.82) is 0 Å². The van der Waals surface area contributed by atoms with Gasteiger partial charge in [0.05, 0.1) is 17.7 Å². The van der Waals surface area contributed by atoms with Gasteiger partial charge in [-0.2, -0.15) is 4.99 Å². The van der Waals surface area contributed by atoms with E-state index in [2.05, 4.69) is 21.0 Å². The van der Waals surface area contributed by atoms with E-state index in [0.717, 1.165) is 5.69 Å². The molecule has 3 nitrogen and oxygen atoms in total. The minimum absolute atomic E-state index is 0.448. The van der Waals surface area contributed by atoms with Gasteiger partial charge in [-0.1, -0.05) is 19.3 Å². The average Bonchev–Trinajstić information content (AvgIpc) is 2.32. The van der Waals surface area contributed by atoms with Crippen molar-refractivity contribution in [2.75, 3.05) is 0 Å². The molecule has 1 aliphatic carbocycles. The zero-order valence-corrected chi connectivity index (χ0v) is 8.76. The SMILES string of the molecule is C(=Nc1ccncc1)=NC1CCCCC1. The van der Waals surface area contributed by atoms with Gasteiger partial charge in [0.25, 0.3) is 0 Å². The second kappa shape index (κ2) is 5.42. The Labute approximate surface area is 90.0 Å². The molecule has 0 radical (unpaired) electrons. The third-order valence-electron chi connectivity index (χ3n) is 2.66. The van der Waals surface area contributed by atoms with Crippen molar-refractivity contribution in [3.05, 3.63) is 24.5 Å². The van der Waals surface area contributed by atoms with Gasteiger partial charge in [0.15, 0.2) is 0 Å². The van der Waals surface area contributed by atoms with Crippen molar-refractivity contribution in [1.82, 2.24) is 4.98 Å². The smallest absolute Gasteiger partial charge is 0.0951 e. The third kappa shape index (κ3) is 3.30. The number of nitrogens with zero attached hydrogens (tertiary/aromatic N) is 3. The van der Waals surface area contributed by atoms with Crippen LogP contribution in [0, 0.1) is 0 Å². The van der Waals surface area contributed by atoms with Gasteiger partial charge in [0.2, 0.25) is 0 Å². The molecule has 15 heavy (non-hydrogen) atoms. The van der Waals surface area contributed by atoms with Crippen LogP contribution in [0.4, 0.5) is 5.69 Å². The van der Waals surface area contributed by atoms with E-state index in [-0.39, 0.29) is 0 Å². The molecule has 0 amide bonds. The van der Waals surface area contributed by atoms with Crippen molar-refractivity contribution < 1.29 is 0 Å². The lowest BCUT2D eigenvalue weighted by Gasteiger charge is -2.15. The highest BCUT2D eigenvalue weighted by Gasteiger charge is 2.10. The lowest BCUT2D eigenvalue weighted by Crippen LogP contribution is -2.08. The molecule has 1 aromatic heterocycles. The van der Waals surface area contributed by atoms with Gasteiger partial charge in [-0.25, -0.2) is 4.99 Å². The van der Waals surface area contributed by atoms with Gasteiger partial charge in [-0.3, -0.25) is 4.98 Å². The van der Waals surface area contributed by atoms with Crippen LogP contribution in [-0.4, -0.2) is 17.0 Å². The molecular weight excluding hydrogens is 186 g/mol. The first-order valence-corrected chi connectivity index (χ1v) is 5.51. The Bertz CT molecular complexity index is 346. The van der Waals surface area contributed by atoms with Crippen LogP contribution in [0.3, 0.4) is 0 Å². The summed E-state index contributed by atoms with van der Waals surface area (Å²) in [4.78, 5) is 12.4. The van der Waals surface area contributed by atoms with E-state index in [1.54, 1.807) is 12.4 Å². The Hall–Kier alpha value is -1.47. The van der Waals surface area contributed by atoms with Crippen LogP contribution in [0.1, 0.15) is 32.1 Å². The molecule has 3 heteroatoms. The summed E-state index contributed by atoms with van der Waals surface area (Å²) in [7, 11) is 0. The molecule has 1 saturated carbocycles. The molecule has 0 spiro atoms. The Morgan fingerprint density at radius 3 is 2.60 bits per heavy atom. The Morgan fingerprint density at radius 1 is 1.13 bits per heavy atom. The highest BCUT2D eigenvalue weighted by molar-refractivity contribution is 5.51. The monoisotopic (exact) mass is 201 g/mol. The van der Waals surface area contributed by atoms with Gasteiger partial charge < -0.3 is 0 Å². The molecule has 0 aromatic carbocycles. The van der Waals surface area contributed by atoms with Crippen molar-refractivity contribution in [2.45, 2.75) is 38.1 Å². The van der Waals surface area contributed by atoms with Crippen LogP contribution >= 0.6 is 0 Å². The van der Waals surface area contributed by atoms with Gasteiger partial charge in [-0.15, -0.1) is 0 Å². The molecule has 0 bridgehead atoms. The van der Waals surface area contributed by atoms with E-state index in [1.165, 1.54) is 32.1 Å². The van der Waals surface area contributed by atoms with Crippen LogP contribution < -0.4 is 0 Å². The normalized spacial score (nSPS) is 16.8. The lowest BCUT2D eigenvalue weighted by atomic mass is 9.96. The molecule has 2 rings (SSSR count). The van der Waals surface area contributed by atoms with E-state index in [0.29, 0.717) is 6.04 Å². The largest absolute Gasteiger partial charge is 0.265 e. The Balaban J connectivity index is 1.95. The van der Waals surface area contributed by atoms with Crippen LogP contribution in [0.5, 0.6) is 0 Å². The predicted molar refractivity (Wildman–Crippen MR) is 60.6 cm³/mol. The molecule has 78 valence electrons. The molecule has 1 fully saturated rings. The van der Waals surface area contributed by atoms with Crippen LogP contribution in [0.2, 0.25) is 0 Å². The van der Waals surface area contributed by atoms with E-state index in [1.807, 2.05) is 12.1 Å². The summed E-state index contributed by atoms with van der Waals surface area (Å²) >= 11 is 0. The quantitative estimate of drug-likeness (QED) is 0.677. The first kappa shape index (κ1) is 10.1. The number of hydrogen-bond acceptors (Lipinski definition) is 3. The highest BCUT2D eigenvalue weighted by atomic mass is 14.8. The maximum absolute atomic E-state index is 4.34. The predicted octanol–water partition coefficient (Wildman–Crippen LogP) is 3.22. The van der Waals surface area contributed by atoms with Gasteiger partial charge in [-0.05, 0) is 25.0 Å². The summed E-state index contributed by atoms with van der Waals surface area (Å²) in [5.74, 6) is 0. The average molecular weight is 201 g/mol. The zero-order valence-electron chi connectivity index (χ0n) is 8.76. The van der Waals surface area contributed by atoms with Gasteiger partial charge in [0, 0.05) is 12.4 Å². The fourth-order valence-corrected chi connectivity index (χ4v) is 1.80. The molecular formula is C12H15N3. The summed E-state index contributed by atoms with van der Waals surface area (Å²) in [5.41, 5.74) is 0.865. The third-order valence-corrected chi connectivity index (χ3v) is 2.66. The molecule has 1 heterocycles. The van der Waals surface area contributed by atoms with E-state index in [4.69, 9.17) is 0 Å². The van der Waals surface area contributed by atoms with E-state index < -0.39 is 0 Å². The first-order chi connectivity index (χ1) is 7.45. The number of rotatable bonds is 2. The summed E-state index contributed by atoms with van der Waals surface area (Å²) in [6.45, 7) is 0. The van der Waals surface area contributed by atoms with Crippen molar-refractivity contribution >= 4 is 11.7 Å². The molecule has 0 aliphatic heterocycles. The Kier molecular flexibility index (Phi) is 3.64. The molecule has 1 aromatic rings. The summed E-state index contributed by atoms with van der Waals surface area (Å²) in [6.07, 6.45) is 9.78. The fourth-order valence-electron chi connectivity index (χ4n) is 1.80. The summed E-state index contributed by atoms with van der Waals surface area (Å²) < 4.78 is 0. The minimum Gasteiger partial charge on any atom is -0.265 e.